The van der Waals surface area contributed by atoms with E-state index in [0.717, 1.165) is 22.4 Å². The van der Waals surface area contributed by atoms with Gasteiger partial charge in [0.05, 0.1) is 4.90 Å². The largest absolute Gasteiger partial charge is 0.316 e. The highest BCUT2D eigenvalue weighted by atomic mass is 32.2. The molecular weight excluding hydrogens is 292 g/mol. The van der Waals surface area contributed by atoms with E-state index in [1.54, 1.807) is 17.8 Å². The summed E-state index contributed by atoms with van der Waals surface area (Å²) in [4.78, 5) is 0.376. The van der Waals surface area contributed by atoms with Crippen LogP contribution in [0.2, 0.25) is 0 Å². The number of hydrogen-bond donors (Lipinski definition) is 2. The molecule has 0 amide bonds. The molecule has 1 unspecified atom stereocenters. The smallest absolute Gasteiger partial charge is 0.241 e. The Hall–Kier alpha value is -0.560. The van der Waals surface area contributed by atoms with Crippen molar-refractivity contribution in [2.75, 3.05) is 19.1 Å². The predicted molar refractivity (Wildman–Crippen MR) is 86.8 cm³/mol. The molecule has 0 spiro atoms. The Kier molecular flexibility index (Phi) is 6.51. The van der Waals surface area contributed by atoms with Gasteiger partial charge in [0.15, 0.2) is 0 Å². The molecule has 1 atom stereocenters. The Labute approximate surface area is 126 Å². The van der Waals surface area contributed by atoms with E-state index in [1.807, 2.05) is 40.1 Å². The molecule has 0 radical (unpaired) electrons. The van der Waals surface area contributed by atoms with Crippen molar-refractivity contribution in [1.82, 2.24) is 10.0 Å². The first-order valence-electron chi connectivity index (χ1n) is 6.57. The number of benzene rings is 1. The lowest BCUT2D eigenvalue weighted by Crippen LogP contribution is -2.34. The highest BCUT2D eigenvalue weighted by Crippen LogP contribution is 2.21. The minimum Gasteiger partial charge on any atom is -0.316 e. The molecule has 1 aromatic rings. The lowest BCUT2D eigenvalue weighted by atomic mass is 10.1. The van der Waals surface area contributed by atoms with Gasteiger partial charge < -0.3 is 5.32 Å². The maximum atomic E-state index is 12.5. The van der Waals surface area contributed by atoms with E-state index in [4.69, 9.17) is 0 Å². The van der Waals surface area contributed by atoms with Gasteiger partial charge in [0, 0.05) is 18.3 Å². The van der Waals surface area contributed by atoms with Crippen LogP contribution < -0.4 is 10.0 Å². The Morgan fingerprint density at radius 2 is 1.90 bits per heavy atom. The number of sulfonamides is 1. The van der Waals surface area contributed by atoms with Gasteiger partial charge in [-0.15, -0.1) is 0 Å². The van der Waals surface area contributed by atoms with Gasteiger partial charge >= 0.3 is 0 Å². The molecule has 0 bridgehead atoms. The summed E-state index contributed by atoms with van der Waals surface area (Å²) in [5.74, 6) is 0.757. The molecule has 0 saturated heterocycles. The molecule has 20 heavy (non-hydrogen) atoms. The molecule has 0 heterocycles. The normalized spacial score (nSPS) is 13.4. The van der Waals surface area contributed by atoms with Crippen LogP contribution in [0.3, 0.4) is 0 Å². The summed E-state index contributed by atoms with van der Waals surface area (Å²) in [7, 11) is -1.61. The first-order chi connectivity index (χ1) is 9.31. The summed E-state index contributed by atoms with van der Waals surface area (Å²) in [6, 6.07) is 3.62. The van der Waals surface area contributed by atoms with Gasteiger partial charge in [0.1, 0.15) is 0 Å². The second-order valence-electron chi connectivity index (χ2n) is 5.05. The van der Waals surface area contributed by atoms with E-state index in [0.29, 0.717) is 11.4 Å². The van der Waals surface area contributed by atoms with Crippen molar-refractivity contribution in [3.63, 3.8) is 0 Å². The van der Waals surface area contributed by atoms with Crippen molar-refractivity contribution in [2.45, 2.75) is 38.3 Å². The molecule has 114 valence electrons. The molecule has 1 rings (SSSR count). The van der Waals surface area contributed by atoms with E-state index in [1.165, 1.54) is 0 Å². The van der Waals surface area contributed by atoms with Gasteiger partial charge in [-0.1, -0.05) is 6.07 Å². The zero-order chi connectivity index (χ0) is 15.3. The number of nitrogens with one attached hydrogen (secondary N) is 2. The van der Waals surface area contributed by atoms with Crippen molar-refractivity contribution >= 4 is 21.8 Å². The van der Waals surface area contributed by atoms with Crippen molar-refractivity contribution in [3.05, 3.63) is 28.8 Å². The summed E-state index contributed by atoms with van der Waals surface area (Å²) in [5.41, 5.74) is 2.90. The summed E-state index contributed by atoms with van der Waals surface area (Å²) < 4.78 is 27.7. The number of thioether (sulfide) groups is 1. The summed E-state index contributed by atoms with van der Waals surface area (Å²) in [6.45, 7) is 6.38. The van der Waals surface area contributed by atoms with Crippen molar-refractivity contribution < 1.29 is 8.42 Å². The highest BCUT2D eigenvalue weighted by Gasteiger charge is 2.20. The average Bonchev–Trinajstić information content (AvgIpc) is 2.32. The van der Waals surface area contributed by atoms with Gasteiger partial charge in [-0.05, 0) is 56.8 Å². The van der Waals surface area contributed by atoms with Gasteiger partial charge in [-0.25, -0.2) is 13.1 Å². The van der Waals surface area contributed by atoms with E-state index >= 15 is 0 Å². The van der Waals surface area contributed by atoms with Crippen LogP contribution in [0.15, 0.2) is 17.0 Å². The van der Waals surface area contributed by atoms with Crippen LogP contribution in [0.5, 0.6) is 0 Å². The molecule has 1 aromatic carbocycles. The minimum atomic E-state index is -3.46. The highest BCUT2D eigenvalue weighted by molar-refractivity contribution is 7.98. The van der Waals surface area contributed by atoms with Crippen LogP contribution in [-0.2, 0) is 16.6 Å². The first kappa shape index (κ1) is 17.5. The van der Waals surface area contributed by atoms with Crippen molar-refractivity contribution in [3.8, 4) is 0 Å². The fraction of sp³-hybridized carbons (Fsp3) is 0.571. The Bertz CT molecular complexity index is 557. The van der Waals surface area contributed by atoms with Gasteiger partial charge in [0.25, 0.3) is 0 Å². The molecule has 0 aromatic heterocycles. The molecule has 0 aliphatic rings. The summed E-state index contributed by atoms with van der Waals surface area (Å²) >= 11 is 1.63. The van der Waals surface area contributed by atoms with Crippen molar-refractivity contribution in [1.29, 1.82) is 0 Å². The molecule has 0 fully saturated rings. The van der Waals surface area contributed by atoms with Crippen LogP contribution in [0.25, 0.3) is 0 Å². The zero-order valence-electron chi connectivity index (χ0n) is 12.8. The molecule has 0 aliphatic heterocycles. The van der Waals surface area contributed by atoms with E-state index in [9.17, 15) is 8.42 Å². The quantitative estimate of drug-likeness (QED) is 0.808. The van der Waals surface area contributed by atoms with E-state index in [2.05, 4.69) is 10.0 Å². The van der Waals surface area contributed by atoms with Gasteiger partial charge in [-0.2, -0.15) is 11.8 Å². The zero-order valence-corrected chi connectivity index (χ0v) is 14.4. The SMILES string of the molecule is CNCc1cc(S(=O)(=O)NC(C)CSC)c(C)cc1C. The first-order valence-corrected chi connectivity index (χ1v) is 9.45. The minimum absolute atomic E-state index is 0.0801. The summed E-state index contributed by atoms with van der Waals surface area (Å²) in [5, 5.41) is 3.07. The van der Waals surface area contributed by atoms with Crippen LogP contribution in [0.4, 0.5) is 0 Å². The second kappa shape index (κ2) is 7.45. The topological polar surface area (TPSA) is 58.2 Å². The number of hydrogen-bond acceptors (Lipinski definition) is 4. The molecule has 2 N–H and O–H groups in total. The number of rotatable bonds is 7. The molecule has 4 nitrogen and oxygen atoms in total. The second-order valence-corrected chi connectivity index (χ2v) is 7.65. The average molecular weight is 316 g/mol. The van der Waals surface area contributed by atoms with Gasteiger partial charge in [0.2, 0.25) is 10.0 Å². The maximum Gasteiger partial charge on any atom is 0.241 e. The third-order valence-corrected chi connectivity index (χ3v) is 5.63. The lowest BCUT2D eigenvalue weighted by molar-refractivity contribution is 0.570. The fourth-order valence-electron chi connectivity index (χ4n) is 2.16. The summed E-state index contributed by atoms with van der Waals surface area (Å²) in [6.07, 6.45) is 1.97. The Balaban J connectivity index is 3.14. The van der Waals surface area contributed by atoms with E-state index < -0.39 is 10.0 Å². The standard InChI is InChI=1S/C14H24N2O2S2/c1-10-6-11(2)14(7-13(10)8-15-4)20(17,18)16-12(3)9-19-5/h6-7,12,15-16H,8-9H2,1-5H3. The number of aryl methyl sites for hydroxylation is 2. The van der Waals surface area contributed by atoms with E-state index in [-0.39, 0.29) is 6.04 Å². The molecular formula is C14H24N2O2S2. The van der Waals surface area contributed by atoms with Crippen LogP contribution >= 0.6 is 11.8 Å². The van der Waals surface area contributed by atoms with Gasteiger partial charge in [-0.3, -0.25) is 0 Å². The molecule has 0 saturated carbocycles. The monoisotopic (exact) mass is 316 g/mol. The van der Waals surface area contributed by atoms with Crippen LogP contribution in [0, 0.1) is 13.8 Å². The lowest BCUT2D eigenvalue weighted by Gasteiger charge is -2.16. The molecule has 0 aliphatic carbocycles. The molecule has 6 heteroatoms. The van der Waals surface area contributed by atoms with Crippen molar-refractivity contribution in [2.24, 2.45) is 0 Å². The van der Waals surface area contributed by atoms with Crippen LogP contribution in [-0.4, -0.2) is 33.5 Å². The Morgan fingerprint density at radius 3 is 2.45 bits per heavy atom. The third kappa shape index (κ3) is 4.48. The fourth-order valence-corrected chi connectivity index (χ4v) is 4.37. The van der Waals surface area contributed by atoms with Crippen LogP contribution in [0.1, 0.15) is 23.6 Å². The maximum absolute atomic E-state index is 12.5. The Morgan fingerprint density at radius 1 is 1.25 bits per heavy atom. The third-order valence-electron chi connectivity index (χ3n) is 3.06. The predicted octanol–water partition coefficient (Wildman–Crippen LogP) is 2.05.